The summed E-state index contributed by atoms with van der Waals surface area (Å²) in [6.45, 7) is 5.40. The van der Waals surface area contributed by atoms with Crippen molar-refractivity contribution in [1.82, 2.24) is 20.3 Å². The number of ether oxygens (including phenoxy) is 1. The fourth-order valence-electron chi connectivity index (χ4n) is 2.84. The number of carbonyl (C=O) groups excluding carboxylic acids is 1. The van der Waals surface area contributed by atoms with E-state index < -0.39 is 11.7 Å². The lowest BCUT2D eigenvalue weighted by atomic mass is 10.1. The molecule has 27 heavy (non-hydrogen) atoms. The molecule has 0 radical (unpaired) electrons. The van der Waals surface area contributed by atoms with Crippen LogP contribution in [0.3, 0.4) is 0 Å². The Morgan fingerprint density at radius 2 is 2.11 bits per heavy atom. The average Bonchev–Trinajstić information content (AvgIpc) is 3.16. The predicted octanol–water partition coefficient (Wildman–Crippen LogP) is 3.23. The highest BCUT2D eigenvalue weighted by atomic mass is 19.1. The second-order valence-corrected chi connectivity index (χ2v) is 6.32. The van der Waals surface area contributed by atoms with Crippen LogP contribution in [0.25, 0.3) is 0 Å². The van der Waals surface area contributed by atoms with Gasteiger partial charge in [0.15, 0.2) is 17.3 Å². The van der Waals surface area contributed by atoms with E-state index in [4.69, 9.17) is 9.26 Å². The quantitative estimate of drug-likeness (QED) is 0.718. The molecular formula is C19H21FN4O3. The number of aryl methyl sites for hydroxylation is 3. The molecule has 2 heterocycles. The molecule has 1 aromatic carbocycles. The molecule has 7 nitrogen and oxygen atoms in total. The van der Waals surface area contributed by atoms with E-state index in [1.165, 1.54) is 12.1 Å². The molecule has 8 heteroatoms. The molecule has 0 aliphatic rings. The molecule has 1 N–H and O–H groups in total. The number of nitrogens with zero attached hydrogens (tertiary/aromatic N) is 3. The maximum absolute atomic E-state index is 13.7. The van der Waals surface area contributed by atoms with Gasteiger partial charge < -0.3 is 14.6 Å². The van der Waals surface area contributed by atoms with E-state index in [9.17, 15) is 9.18 Å². The fourth-order valence-corrected chi connectivity index (χ4v) is 2.84. The molecule has 3 aromatic rings. The van der Waals surface area contributed by atoms with E-state index in [2.05, 4.69) is 15.6 Å². The van der Waals surface area contributed by atoms with Gasteiger partial charge in [-0.1, -0.05) is 17.3 Å². The summed E-state index contributed by atoms with van der Waals surface area (Å²) in [4.78, 5) is 12.7. The number of halogens is 1. The van der Waals surface area contributed by atoms with Crippen LogP contribution < -0.4 is 10.1 Å². The lowest BCUT2D eigenvalue weighted by Gasteiger charge is -2.13. The van der Waals surface area contributed by atoms with Gasteiger partial charge in [-0.3, -0.25) is 9.48 Å². The first-order valence-corrected chi connectivity index (χ1v) is 8.50. The summed E-state index contributed by atoms with van der Waals surface area (Å²) in [7, 11) is 1.82. The van der Waals surface area contributed by atoms with Crippen LogP contribution in [0, 0.1) is 19.7 Å². The zero-order chi connectivity index (χ0) is 19.6. The summed E-state index contributed by atoms with van der Waals surface area (Å²) in [5.41, 5.74) is 2.35. The zero-order valence-electron chi connectivity index (χ0n) is 15.6. The molecule has 0 spiro atoms. The van der Waals surface area contributed by atoms with Gasteiger partial charge in [0.25, 0.3) is 5.91 Å². The minimum Gasteiger partial charge on any atom is -0.486 e. The Bertz CT molecular complexity index is 964. The molecule has 0 bridgehead atoms. The minimum atomic E-state index is -0.474. The zero-order valence-corrected chi connectivity index (χ0v) is 15.6. The van der Waals surface area contributed by atoms with Gasteiger partial charge in [-0.05, 0) is 32.9 Å². The largest absolute Gasteiger partial charge is 0.486 e. The SMILES string of the molecule is Cc1nn(C)cc1C(C)NC(=O)c1noc(C)c1COc1ccccc1F. The second-order valence-electron chi connectivity index (χ2n) is 6.32. The summed E-state index contributed by atoms with van der Waals surface area (Å²) in [6.07, 6.45) is 1.86. The maximum atomic E-state index is 13.7. The Hall–Kier alpha value is -3.16. The Morgan fingerprint density at radius 3 is 2.78 bits per heavy atom. The van der Waals surface area contributed by atoms with Crippen LogP contribution in [0.4, 0.5) is 4.39 Å². The minimum absolute atomic E-state index is 0.0285. The van der Waals surface area contributed by atoms with Crippen molar-refractivity contribution in [3.05, 3.63) is 64.6 Å². The van der Waals surface area contributed by atoms with Crippen LogP contribution in [0.15, 0.2) is 35.0 Å². The summed E-state index contributed by atoms with van der Waals surface area (Å²) in [5.74, 6) is -0.321. The van der Waals surface area contributed by atoms with Crippen LogP contribution in [-0.4, -0.2) is 20.8 Å². The molecule has 2 aromatic heterocycles. The van der Waals surface area contributed by atoms with Gasteiger partial charge in [0.05, 0.1) is 17.3 Å². The molecule has 1 unspecified atom stereocenters. The first-order valence-electron chi connectivity index (χ1n) is 8.50. The number of benzene rings is 1. The van der Waals surface area contributed by atoms with E-state index in [1.807, 2.05) is 27.1 Å². The highest BCUT2D eigenvalue weighted by Gasteiger charge is 2.23. The number of nitrogens with one attached hydrogen (secondary N) is 1. The Balaban J connectivity index is 1.74. The van der Waals surface area contributed by atoms with Gasteiger partial charge in [0, 0.05) is 18.8 Å². The van der Waals surface area contributed by atoms with Gasteiger partial charge in [-0.2, -0.15) is 5.10 Å². The number of carbonyl (C=O) groups is 1. The highest BCUT2D eigenvalue weighted by molar-refractivity contribution is 5.94. The van der Waals surface area contributed by atoms with E-state index in [1.54, 1.807) is 23.7 Å². The third-order valence-electron chi connectivity index (χ3n) is 4.27. The first kappa shape index (κ1) is 18.6. The van der Waals surface area contributed by atoms with Crippen LogP contribution >= 0.6 is 0 Å². The normalized spacial score (nSPS) is 12.0. The molecule has 3 rings (SSSR count). The molecule has 0 fully saturated rings. The van der Waals surface area contributed by atoms with Crippen molar-refractivity contribution in [3.8, 4) is 5.75 Å². The molecule has 0 aliphatic carbocycles. The first-order chi connectivity index (χ1) is 12.9. The Kier molecular flexibility index (Phi) is 5.25. The number of amides is 1. The smallest absolute Gasteiger partial charge is 0.274 e. The third-order valence-corrected chi connectivity index (χ3v) is 4.27. The summed E-state index contributed by atoms with van der Waals surface area (Å²) >= 11 is 0. The predicted molar refractivity (Wildman–Crippen MR) is 95.8 cm³/mol. The average molecular weight is 372 g/mol. The number of hydrogen-bond donors (Lipinski definition) is 1. The molecule has 142 valence electrons. The van der Waals surface area contributed by atoms with Gasteiger partial charge in [-0.25, -0.2) is 4.39 Å². The van der Waals surface area contributed by atoms with E-state index in [0.717, 1.165) is 11.3 Å². The molecular weight excluding hydrogens is 351 g/mol. The third kappa shape index (κ3) is 3.99. The van der Waals surface area contributed by atoms with Crippen LogP contribution in [-0.2, 0) is 13.7 Å². The van der Waals surface area contributed by atoms with Gasteiger partial charge in [0.1, 0.15) is 12.4 Å². The van der Waals surface area contributed by atoms with Crippen LogP contribution in [0.5, 0.6) is 5.75 Å². The summed E-state index contributed by atoms with van der Waals surface area (Å²) in [5, 5.41) is 11.0. The number of hydrogen-bond acceptors (Lipinski definition) is 5. The molecule has 1 amide bonds. The van der Waals surface area contributed by atoms with Crippen LogP contribution in [0.2, 0.25) is 0 Å². The van der Waals surface area contributed by atoms with E-state index in [0.29, 0.717) is 11.3 Å². The van der Waals surface area contributed by atoms with Crippen LogP contribution in [0.1, 0.15) is 46.0 Å². The van der Waals surface area contributed by atoms with Gasteiger partial charge in [0.2, 0.25) is 0 Å². The van der Waals surface area contributed by atoms with E-state index in [-0.39, 0.29) is 24.1 Å². The fraction of sp³-hybridized carbons (Fsp3) is 0.316. The van der Waals surface area contributed by atoms with Crippen molar-refractivity contribution >= 4 is 5.91 Å². The van der Waals surface area contributed by atoms with Crippen molar-refractivity contribution in [2.24, 2.45) is 7.05 Å². The van der Waals surface area contributed by atoms with Gasteiger partial charge >= 0.3 is 0 Å². The molecule has 0 aliphatic heterocycles. The van der Waals surface area contributed by atoms with Crippen molar-refractivity contribution in [3.63, 3.8) is 0 Å². The monoisotopic (exact) mass is 372 g/mol. The molecule has 0 saturated carbocycles. The number of aromatic nitrogens is 3. The number of para-hydroxylation sites is 1. The van der Waals surface area contributed by atoms with E-state index >= 15 is 0 Å². The summed E-state index contributed by atoms with van der Waals surface area (Å²) in [6, 6.07) is 5.81. The van der Waals surface area contributed by atoms with Gasteiger partial charge in [-0.15, -0.1) is 0 Å². The number of rotatable bonds is 6. The maximum Gasteiger partial charge on any atom is 0.274 e. The summed E-state index contributed by atoms with van der Waals surface area (Å²) < 4.78 is 26.1. The standard InChI is InChI=1S/C19H21FN4O3/c1-11(14-9-24(4)22-12(14)2)21-19(25)18-15(13(3)27-23-18)10-26-17-8-6-5-7-16(17)20/h5-9,11H,10H2,1-4H3,(H,21,25). The van der Waals surface area contributed by atoms with Crippen molar-refractivity contribution in [2.45, 2.75) is 33.4 Å². The highest BCUT2D eigenvalue weighted by Crippen LogP contribution is 2.21. The topological polar surface area (TPSA) is 82.2 Å². The molecule has 1 atom stereocenters. The van der Waals surface area contributed by atoms with Crippen molar-refractivity contribution in [2.75, 3.05) is 0 Å². The molecule has 0 saturated heterocycles. The Labute approximate surface area is 156 Å². The second kappa shape index (κ2) is 7.61. The Morgan fingerprint density at radius 1 is 1.37 bits per heavy atom. The van der Waals surface area contributed by atoms with Crippen molar-refractivity contribution in [1.29, 1.82) is 0 Å². The lowest BCUT2D eigenvalue weighted by molar-refractivity contribution is 0.0928. The lowest BCUT2D eigenvalue weighted by Crippen LogP contribution is -2.28. The van der Waals surface area contributed by atoms with Crippen molar-refractivity contribution < 1.29 is 18.4 Å².